The molecule has 0 aliphatic heterocycles. The van der Waals surface area contributed by atoms with E-state index in [0.29, 0.717) is 18.3 Å². The second kappa shape index (κ2) is 7.03. The molecule has 1 aromatic rings. The summed E-state index contributed by atoms with van der Waals surface area (Å²) in [4.78, 5) is 25.6. The second-order valence-corrected chi connectivity index (χ2v) is 12.6. The predicted octanol–water partition coefficient (Wildman–Crippen LogP) is 2.45. The Morgan fingerprint density at radius 2 is 1.67 bits per heavy atom. The number of carbonyl (C=O) groups is 2. The highest BCUT2D eigenvalue weighted by Gasteiger charge is 2.61. The van der Waals surface area contributed by atoms with E-state index in [1.165, 1.54) is 12.1 Å². The van der Waals surface area contributed by atoms with Gasteiger partial charge in [-0.05, 0) is 88.5 Å². The summed E-state index contributed by atoms with van der Waals surface area (Å²) >= 11 is 3.29. The van der Waals surface area contributed by atoms with Gasteiger partial charge in [-0.1, -0.05) is 15.9 Å². The number of hydrogen-bond acceptors (Lipinski definition) is 4. The Morgan fingerprint density at radius 1 is 1.10 bits per heavy atom. The van der Waals surface area contributed by atoms with Crippen LogP contribution in [0.2, 0.25) is 0 Å². The fourth-order valence-electron chi connectivity index (χ4n) is 6.15. The molecule has 2 unspecified atom stereocenters. The van der Waals surface area contributed by atoms with Gasteiger partial charge < -0.3 is 11.1 Å². The molecule has 1 aromatic carbocycles. The molecule has 0 saturated heterocycles. The lowest BCUT2D eigenvalue weighted by Gasteiger charge is -2.61. The first kappa shape index (κ1) is 21.8. The average molecular weight is 498 g/mol. The fraction of sp³-hybridized carbons (Fsp3) is 0.619. The lowest BCUT2D eigenvalue weighted by molar-refractivity contribution is -0.151. The van der Waals surface area contributed by atoms with Crippen molar-refractivity contribution in [2.24, 2.45) is 23.0 Å². The highest BCUT2D eigenvalue weighted by atomic mass is 79.9. The van der Waals surface area contributed by atoms with E-state index in [9.17, 15) is 18.0 Å². The van der Waals surface area contributed by atoms with Gasteiger partial charge in [0.15, 0.2) is 0 Å². The number of amides is 2. The van der Waals surface area contributed by atoms with Crippen LogP contribution in [0.4, 0.5) is 0 Å². The molecule has 0 heterocycles. The van der Waals surface area contributed by atoms with E-state index in [0.717, 1.165) is 36.6 Å². The standard InChI is InChI=1S/C21H28BrN3O4S/c1-19(2,25-30(28,29)16-5-3-15(22)4-6-16)18(27)24-21-10-13-7-14(11-21)9-20(8-13,12-21)17(23)26/h3-6,13-14,25H,7-12H2,1-2H3,(H2,23,26)(H,24,27). The summed E-state index contributed by atoms with van der Waals surface area (Å²) in [6, 6.07) is 6.24. The van der Waals surface area contributed by atoms with Gasteiger partial charge in [0.05, 0.1) is 10.3 Å². The van der Waals surface area contributed by atoms with Crippen LogP contribution >= 0.6 is 15.9 Å². The molecule has 30 heavy (non-hydrogen) atoms. The van der Waals surface area contributed by atoms with Crippen molar-refractivity contribution >= 4 is 37.8 Å². The van der Waals surface area contributed by atoms with Crippen LogP contribution < -0.4 is 15.8 Å². The van der Waals surface area contributed by atoms with Gasteiger partial charge in [-0.3, -0.25) is 9.59 Å². The Labute approximate surface area is 185 Å². The molecule has 4 aliphatic carbocycles. The summed E-state index contributed by atoms with van der Waals surface area (Å²) in [7, 11) is -3.88. The van der Waals surface area contributed by atoms with Crippen LogP contribution in [0.25, 0.3) is 0 Å². The zero-order valence-corrected chi connectivity index (χ0v) is 19.6. The van der Waals surface area contributed by atoms with E-state index in [-0.39, 0.29) is 16.7 Å². The van der Waals surface area contributed by atoms with Crippen LogP contribution in [0, 0.1) is 17.3 Å². The third-order valence-electron chi connectivity index (χ3n) is 7.04. The molecule has 4 N–H and O–H groups in total. The van der Waals surface area contributed by atoms with E-state index in [2.05, 4.69) is 26.0 Å². The van der Waals surface area contributed by atoms with Gasteiger partial charge in [0.25, 0.3) is 0 Å². The third-order valence-corrected chi connectivity index (χ3v) is 9.24. The van der Waals surface area contributed by atoms with Crippen LogP contribution in [0.5, 0.6) is 0 Å². The van der Waals surface area contributed by atoms with E-state index >= 15 is 0 Å². The summed E-state index contributed by atoms with van der Waals surface area (Å²) in [5.74, 6) is 0.0958. The molecular formula is C21H28BrN3O4S. The first-order chi connectivity index (χ1) is 13.8. The van der Waals surface area contributed by atoms with Crippen molar-refractivity contribution in [3.8, 4) is 0 Å². The molecule has 4 aliphatic rings. The molecule has 9 heteroatoms. The molecular weight excluding hydrogens is 470 g/mol. The number of rotatable bonds is 6. The lowest BCUT2D eigenvalue weighted by atomic mass is 9.46. The number of carbonyl (C=O) groups excluding carboxylic acids is 2. The number of sulfonamides is 1. The first-order valence-electron chi connectivity index (χ1n) is 10.3. The summed E-state index contributed by atoms with van der Waals surface area (Å²) in [5.41, 5.74) is 3.39. The Hall–Kier alpha value is -1.45. The Morgan fingerprint density at radius 3 is 2.20 bits per heavy atom. The van der Waals surface area contributed by atoms with E-state index in [1.54, 1.807) is 26.0 Å². The molecule has 164 valence electrons. The van der Waals surface area contributed by atoms with Gasteiger partial charge in [0.1, 0.15) is 5.54 Å². The van der Waals surface area contributed by atoms with Crippen LogP contribution in [0.3, 0.4) is 0 Å². The Bertz CT molecular complexity index is 976. The molecule has 4 fully saturated rings. The topological polar surface area (TPSA) is 118 Å². The molecule has 4 saturated carbocycles. The molecule has 0 radical (unpaired) electrons. The molecule has 2 atom stereocenters. The minimum atomic E-state index is -3.88. The smallest absolute Gasteiger partial charge is 0.241 e. The monoisotopic (exact) mass is 497 g/mol. The summed E-state index contributed by atoms with van der Waals surface area (Å²) in [6.45, 7) is 3.12. The highest BCUT2D eigenvalue weighted by Crippen LogP contribution is 2.61. The van der Waals surface area contributed by atoms with E-state index in [1.807, 2.05) is 0 Å². The normalized spacial score (nSPS) is 32.8. The molecule has 2 amide bonds. The molecule has 5 rings (SSSR count). The predicted molar refractivity (Wildman–Crippen MR) is 116 cm³/mol. The number of primary amides is 1. The summed E-state index contributed by atoms with van der Waals surface area (Å²) in [6.07, 6.45) is 4.86. The van der Waals surface area contributed by atoms with Crippen LogP contribution in [-0.4, -0.2) is 31.3 Å². The number of hydrogen-bond donors (Lipinski definition) is 3. The molecule has 7 nitrogen and oxygen atoms in total. The summed E-state index contributed by atoms with van der Waals surface area (Å²) in [5, 5.41) is 3.15. The lowest BCUT2D eigenvalue weighted by Crippen LogP contribution is -2.68. The third kappa shape index (κ3) is 3.80. The largest absolute Gasteiger partial charge is 0.369 e. The van der Waals surface area contributed by atoms with Crippen molar-refractivity contribution in [3.05, 3.63) is 28.7 Å². The van der Waals surface area contributed by atoms with Gasteiger partial charge in [-0.25, -0.2) is 8.42 Å². The van der Waals surface area contributed by atoms with Crippen LogP contribution in [0.15, 0.2) is 33.6 Å². The number of nitrogens with two attached hydrogens (primary N) is 1. The molecule has 0 spiro atoms. The fourth-order valence-corrected chi connectivity index (χ4v) is 7.79. The van der Waals surface area contributed by atoms with Crippen molar-refractivity contribution in [1.29, 1.82) is 0 Å². The zero-order valence-electron chi connectivity index (χ0n) is 17.2. The maximum absolute atomic E-state index is 13.2. The minimum absolute atomic E-state index is 0.0917. The van der Waals surface area contributed by atoms with Crippen molar-refractivity contribution in [2.45, 2.75) is 68.3 Å². The van der Waals surface area contributed by atoms with E-state index in [4.69, 9.17) is 5.73 Å². The Balaban J connectivity index is 1.53. The number of nitrogens with one attached hydrogen (secondary N) is 2. The van der Waals surface area contributed by atoms with Crippen LogP contribution in [0.1, 0.15) is 52.4 Å². The average Bonchev–Trinajstić information content (AvgIpc) is 2.59. The van der Waals surface area contributed by atoms with Gasteiger partial charge in [-0.2, -0.15) is 4.72 Å². The summed E-state index contributed by atoms with van der Waals surface area (Å²) < 4.78 is 28.9. The van der Waals surface area contributed by atoms with Crippen molar-refractivity contribution in [1.82, 2.24) is 10.0 Å². The van der Waals surface area contributed by atoms with Gasteiger partial charge in [-0.15, -0.1) is 0 Å². The minimum Gasteiger partial charge on any atom is -0.369 e. The Kier molecular flexibility index (Phi) is 5.10. The molecule has 0 aromatic heterocycles. The quantitative estimate of drug-likeness (QED) is 0.558. The van der Waals surface area contributed by atoms with E-state index < -0.39 is 26.5 Å². The maximum Gasteiger partial charge on any atom is 0.241 e. The second-order valence-electron chi connectivity index (χ2n) is 10.0. The maximum atomic E-state index is 13.2. The molecule has 4 bridgehead atoms. The SMILES string of the molecule is CC(C)(NS(=O)(=O)c1ccc(Br)cc1)C(=O)NC12CC3CC(C1)CC(C(N)=O)(C3)C2. The van der Waals surface area contributed by atoms with Crippen molar-refractivity contribution in [3.63, 3.8) is 0 Å². The first-order valence-corrected chi connectivity index (χ1v) is 12.5. The van der Waals surface area contributed by atoms with Crippen molar-refractivity contribution in [2.75, 3.05) is 0 Å². The van der Waals surface area contributed by atoms with Gasteiger partial charge in [0, 0.05) is 10.0 Å². The van der Waals surface area contributed by atoms with Crippen LogP contribution in [-0.2, 0) is 19.6 Å². The number of halogens is 1. The van der Waals surface area contributed by atoms with Gasteiger partial charge >= 0.3 is 0 Å². The van der Waals surface area contributed by atoms with Gasteiger partial charge in [0.2, 0.25) is 21.8 Å². The number of benzene rings is 1. The highest BCUT2D eigenvalue weighted by molar-refractivity contribution is 9.10. The van der Waals surface area contributed by atoms with Crippen molar-refractivity contribution < 1.29 is 18.0 Å². The zero-order chi connectivity index (χ0) is 21.9.